The summed E-state index contributed by atoms with van der Waals surface area (Å²) in [6.45, 7) is 2.94. The summed E-state index contributed by atoms with van der Waals surface area (Å²) in [4.78, 5) is 23.1. The molecule has 0 unspecified atom stereocenters. The maximum atomic E-state index is 12.9. The number of aromatic nitrogens is 5. The molecule has 0 saturated carbocycles. The van der Waals surface area contributed by atoms with Crippen LogP contribution in [0.1, 0.15) is 48.3 Å². The van der Waals surface area contributed by atoms with E-state index in [1.165, 1.54) is 0 Å². The Balaban J connectivity index is 1.64. The van der Waals surface area contributed by atoms with Crippen molar-refractivity contribution >= 4 is 5.91 Å². The van der Waals surface area contributed by atoms with E-state index in [1.54, 1.807) is 18.6 Å². The maximum absolute atomic E-state index is 12.9. The summed E-state index contributed by atoms with van der Waals surface area (Å²) in [6, 6.07) is 0.386. The molecule has 1 saturated heterocycles. The van der Waals surface area contributed by atoms with Gasteiger partial charge in [-0.2, -0.15) is 0 Å². The number of rotatable bonds is 3. The Morgan fingerprint density at radius 2 is 2.13 bits per heavy atom. The van der Waals surface area contributed by atoms with E-state index >= 15 is 0 Å². The number of fused-ring (bicyclic) bond motifs is 3. The molecule has 2 aromatic heterocycles. The van der Waals surface area contributed by atoms with Gasteiger partial charge in [-0.3, -0.25) is 9.78 Å². The van der Waals surface area contributed by atoms with Gasteiger partial charge in [0.25, 0.3) is 5.91 Å². The Morgan fingerprint density at radius 1 is 1.26 bits per heavy atom. The highest BCUT2D eigenvalue weighted by atomic mass is 16.2. The number of hydrogen-bond donors (Lipinski definition) is 0. The molecule has 0 aromatic carbocycles. The minimum atomic E-state index is -0.0126. The zero-order valence-corrected chi connectivity index (χ0v) is 13.2. The van der Waals surface area contributed by atoms with Gasteiger partial charge in [-0.1, -0.05) is 6.92 Å². The molecule has 7 nitrogen and oxygen atoms in total. The molecule has 0 radical (unpaired) electrons. The third kappa shape index (κ3) is 2.40. The van der Waals surface area contributed by atoms with Crippen LogP contribution in [0.2, 0.25) is 0 Å². The second-order valence-electron chi connectivity index (χ2n) is 6.29. The third-order valence-electron chi connectivity index (χ3n) is 4.83. The molecule has 0 N–H and O–H groups in total. The Labute approximate surface area is 134 Å². The normalized spacial score (nSPS) is 22.7. The Kier molecular flexibility index (Phi) is 3.55. The quantitative estimate of drug-likeness (QED) is 0.852. The smallest absolute Gasteiger partial charge is 0.274 e. The highest BCUT2D eigenvalue weighted by molar-refractivity contribution is 5.92. The molecule has 2 aromatic rings. The van der Waals surface area contributed by atoms with Crippen molar-refractivity contribution in [3.63, 3.8) is 0 Å². The molecule has 4 heterocycles. The SMILES string of the molecule is CCCc1nnc2n1C[C@H]1CC[C@@H](C2)N1C(=O)c1cnccn1. The molecule has 1 fully saturated rings. The van der Waals surface area contributed by atoms with Crippen LogP contribution in [0, 0.1) is 0 Å². The maximum Gasteiger partial charge on any atom is 0.274 e. The first-order valence-corrected chi connectivity index (χ1v) is 8.27. The summed E-state index contributed by atoms with van der Waals surface area (Å²) in [5, 5.41) is 8.71. The zero-order valence-electron chi connectivity index (χ0n) is 13.2. The second-order valence-corrected chi connectivity index (χ2v) is 6.29. The predicted octanol–water partition coefficient (Wildman–Crippen LogP) is 1.25. The van der Waals surface area contributed by atoms with Crippen molar-refractivity contribution < 1.29 is 4.79 Å². The van der Waals surface area contributed by atoms with Gasteiger partial charge in [0.15, 0.2) is 0 Å². The molecular weight excluding hydrogens is 292 g/mol. The second kappa shape index (κ2) is 5.72. The number of carbonyl (C=O) groups is 1. The molecular formula is C16H20N6O. The number of hydrogen-bond acceptors (Lipinski definition) is 5. The van der Waals surface area contributed by atoms with Gasteiger partial charge in [0.2, 0.25) is 0 Å². The third-order valence-corrected chi connectivity index (χ3v) is 4.83. The van der Waals surface area contributed by atoms with Gasteiger partial charge in [-0.15, -0.1) is 10.2 Å². The lowest BCUT2D eigenvalue weighted by Crippen LogP contribution is -2.42. The van der Waals surface area contributed by atoms with Gasteiger partial charge in [-0.05, 0) is 19.3 Å². The van der Waals surface area contributed by atoms with Gasteiger partial charge in [0.05, 0.1) is 12.2 Å². The number of carbonyl (C=O) groups excluding carboxylic acids is 1. The summed E-state index contributed by atoms with van der Waals surface area (Å²) in [5.74, 6) is 2.04. The van der Waals surface area contributed by atoms with E-state index in [0.717, 1.165) is 50.3 Å². The summed E-state index contributed by atoms with van der Waals surface area (Å²) in [7, 11) is 0. The van der Waals surface area contributed by atoms with E-state index < -0.39 is 0 Å². The average molecular weight is 312 g/mol. The van der Waals surface area contributed by atoms with Crippen LogP contribution in [-0.4, -0.2) is 47.6 Å². The highest BCUT2D eigenvalue weighted by Gasteiger charge is 2.41. The number of amides is 1. The lowest BCUT2D eigenvalue weighted by molar-refractivity contribution is 0.0658. The molecule has 2 aliphatic heterocycles. The highest BCUT2D eigenvalue weighted by Crippen LogP contribution is 2.32. The standard InChI is InChI=1S/C16H20N6O/c1-2-3-14-19-20-15-8-11-4-5-12(10-21(14)15)22(11)16(23)13-9-17-6-7-18-13/h6-7,9,11-12H,2-5,8,10H2,1H3/t11-,12+/m0/s1. The van der Waals surface area contributed by atoms with Crippen molar-refractivity contribution in [2.75, 3.05) is 0 Å². The van der Waals surface area contributed by atoms with E-state index in [4.69, 9.17) is 0 Å². The van der Waals surface area contributed by atoms with Crippen LogP contribution in [-0.2, 0) is 19.4 Å². The molecule has 1 amide bonds. The van der Waals surface area contributed by atoms with E-state index in [1.807, 2.05) is 4.90 Å². The molecule has 0 aliphatic carbocycles. The molecule has 4 rings (SSSR count). The molecule has 2 bridgehead atoms. The Bertz CT molecular complexity index is 713. The predicted molar refractivity (Wildman–Crippen MR) is 82.7 cm³/mol. The van der Waals surface area contributed by atoms with Crippen LogP contribution in [0.3, 0.4) is 0 Å². The van der Waals surface area contributed by atoms with E-state index in [-0.39, 0.29) is 18.0 Å². The fourth-order valence-electron chi connectivity index (χ4n) is 3.78. The van der Waals surface area contributed by atoms with Gasteiger partial charge in [0.1, 0.15) is 17.3 Å². The summed E-state index contributed by atoms with van der Waals surface area (Å²) >= 11 is 0. The van der Waals surface area contributed by atoms with Crippen molar-refractivity contribution in [1.82, 2.24) is 29.6 Å². The van der Waals surface area contributed by atoms with Crippen molar-refractivity contribution in [2.24, 2.45) is 0 Å². The first-order chi connectivity index (χ1) is 11.3. The van der Waals surface area contributed by atoms with Crippen LogP contribution in [0.15, 0.2) is 18.6 Å². The number of aryl methyl sites for hydroxylation is 1. The fourth-order valence-corrected chi connectivity index (χ4v) is 3.78. The minimum absolute atomic E-state index is 0.0126. The van der Waals surface area contributed by atoms with Crippen molar-refractivity contribution in [1.29, 1.82) is 0 Å². The topological polar surface area (TPSA) is 76.8 Å². The van der Waals surface area contributed by atoms with E-state index in [9.17, 15) is 4.79 Å². The molecule has 2 aliphatic rings. The molecule has 0 spiro atoms. The van der Waals surface area contributed by atoms with Gasteiger partial charge >= 0.3 is 0 Å². The summed E-state index contributed by atoms with van der Waals surface area (Å²) in [5.41, 5.74) is 0.427. The van der Waals surface area contributed by atoms with E-state index in [0.29, 0.717) is 5.69 Å². The van der Waals surface area contributed by atoms with Gasteiger partial charge < -0.3 is 9.47 Å². The van der Waals surface area contributed by atoms with Crippen LogP contribution >= 0.6 is 0 Å². The fraction of sp³-hybridized carbons (Fsp3) is 0.562. The van der Waals surface area contributed by atoms with E-state index in [2.05, 4.69) is 31.7 Å². The van der Waals surface area contributed by atoms with Gasteiger partial charge in [0, 0.05) is 37.8 Å². The summed E-state index contributed by atoms with van der Waals surface area (Å²) in [6.07, 6.45) is 9.52. The first-order valence-electron chi connectivity index (χ1n) is 8.27. The lowest BCUT2D eigenvalue weighted by Gasteiger charge is -2.27. The largest absolute Gasteiger partial charge is 0.329 e. The zero-order chi connectivity index (χ0) is 15.8. The van der Waals surface area contributed by atoms with Gasteiger partial charge in [-0.25, -0.2) is 4.98 Å². The van der Waals surface area contributed by atoms with Crippen LogP contribution in [0.5, 0.6) is 0 Å². The molecule has 120 valence electrons. The molecule has 2 atom stereocenters. The Hall–Kier alpha value is -2.31. The first kappa shape index (κ1) is 14.3. The van der Waals surface area contributed by atoms with Crippen molar-refractivity contribution in [3.8, 4) is 0 Å². The lowest BCUT2D eigenvalue weighted by atomic mass is 10.1. The Morgan fingerprint density at radius 3 is 2.91 bits per heavy atom. The monoisotopic (exact) mass is 312 g/mol. The van der Waals surface area contributed by atoms with Crippen molar-refractivity contribution in [3.05, 3.63) is 35.9 Å². The molecule has 7 heteroatoms. The minimum Gasteiger partial charge on any atom is -0.329 e. The average Bonchev–Trinajstić information content (AvgIpc) is 3.08. The number of nitrogens with zero attached hydrogens (tertiary/aromatic N) is 6. The van der Waals surface area contributed by atoms with Crippen LogP contribution in [0.4, 0.5) is 0 Å². The van der Waals surface area contributed by atoms with Crippen LogP contribution < -0.4 is 0 Å². The van der Waals surface area contributed by atoms with Crippen molar-refractivity contribution in [2.45, 2.75) is 57.7 Å². The molecule has 23 heavy (non-hydrogen) atoms. The summed E-state index contributed by atoms with van der Waals surface area (Å²) < 4.78 is 2.23. The van der Waals surface area contributed by atoms with Crippen LogP contribution in [0.25, 0.3) is 0 Å².